The van der Waals surface area contributed by atoms with E-state index >= 15 is 0 Å². The molecule has 0 spiro atoms. The second-order valence-electron chi connectivity index (χ2n) is 7.45. The number of ether oxygens (including phenoxy) is 2. The maximum Gasteiger partial charge on any atom is 0.410 e. The summed E-state index contributed by atoms with van der Waals surface area (Å²) in [7, 11) is 0. The fourth-order valence-corrected chi connectivity index (χ4v) is 2.82. The Hall–Kier alpha value is -2.31. The van der Waals surface area contributed by atoms with Gasteiger partial charge in [-0.15, -0.1) is 0 Å². The zero-order chi connectivity index (χ0) is 18.8. The number of nitrogens with zero attached hydrogens (tertiary/aromatic N) is 2. The van der Waals surface area contributed by atoms with E-state index in [1.54, 1.807) is 32.9 Å². The van der Waals surface area contributed by atoms with E-state index in [1.165, 1.54) is 4.90 Å². The molecule has 0 bridgehead atoms. The molecule has 1 aliphatic heterocycles. The maximum absolute atomic E-state index is 12.1. The van der Waals surface area contributed by atoms with Crippen molar-refractivity contribution in [3.05, 3.63) is 23.5 Å². The highest BCUT2D eigenvalue weighted by molar-refractivity contribution is 5.79. The molecule has 0 atom stereocenters. The molecular weight excluding hydrogens is 324 g/mol. The minimum Gasteiger partial charge on any atom is -0.478 e. The standard InChI is InChI=1S/C18H26N2O5/c1-12-10-14(11-13(2)19-12)24-18(15(21)22)6-8-20(9-7-18)16(23)25-17(3,4)5/h10-11H,6-9H2,1-5H3,(H,21,22). The molecular formula is C18H26N2O5. The Kier molecular flexibility index (Phi) is 5.25. The van der Waals surface area contributed by atoms with Gasteiger partial charge in [0, 0.05) is 49.5 Å². The molecule has 1 aromatic rings. The van der Waals surface area contributed by atoms with Gasteiger partial charge in [0.05, 0.1) is 0 Å². The number of aryl methyl sites for hydroxylation is 2. The Morgan fingerprint density at radius 3 is 2.12 bits per heavy atom. The van der Waals surface area contributed by atoms with Gasteiger partial charge in [0.1, 0.15) is 11.4 Å². The maximum atomic E-state index is 12.1. The normalized spacial score (nSPS) is 17.1. The van der Waals surface area contributed by atoms with Crippen LogP contribution in [0.5, 0.6) is 5.75 Å². The molecule has 0 aliphatic carbocycles. The molecule has 1 aliphatic rings. The molecule has 0 radical (unpaired) electrons. The van der Waals surface area contributed by atoms with Gasteiger partial charge in [-0.2, -0.15) is 0 Å². The van der Waals surface area contributed by atoms with E-state index in [0.717, 1.165) is 11.4 Å². The van der Waals surface area contributed by atoms with Crippen LogP contribution in [0.25, 0.3) is 0 Å². The van der Waals surface area contributed by atoms with E-state index in [-0.39, 0.29) is 25.9 Å². The number of carbonyl (C=O) groups is 2. The Morgan fingerprint density at radius 1 is 1.16 bits per heavy atom. The lowest BCUT2D eigenvalue weighted by Crippen LogP contribution is -2.54. The predicted molar refractivity (Wildman–Crippen MR) is 91.7 cm³/mol. The molecule has 0 saturated carbocycles. The van der Waals surface area contributed by atoms with Crippen molar-refractivity contribution >= 4 is 12.1 Å². The lowest BCUT2D eigenvalue weighted by Gasteiger charge is -2.39. The molecule has 7 nitrogen and oxygen atoms in total. The summed E-state index contributed by atoms with van der Waals surface area (Å²) < 4.78 is 11.2. The van der Waals surface area contributed by atoms with Crippen LogP contribution in [-0.4, -0.2) is 51.3 Å². The van der Waals surface area contributed by atoms with E-state index in [2.05, 4.69) is 4.98 Å². The van der Waals surface area contributed by atoms with Gasteiger partial charge in [0.15, 0.2) is 0 Å². The first-order chi connectivity index (χ1) is 11.5. The second-order valence-corrected chi connectivity index (χ2v) is 7.45. The summed E-state index contributed by atoms with van der Waals surface area (Å²) in [6, 6.07) is 3.44. The summed E-state index contributed by atoms with van der Waals surface area (Å²) in [4.78, 5) is 29.8. The van der Waals surface area contributed by atoms with Crippen LogP contribution in [0.15, 0.2) is 12.1 Å². The van der Waals surface area contributed by atoms with Crippen molar-refractivity contribution in [2.75, 3.05) is 13.1 Å². The summed E-state index contributed by atoms with van der Waals surface area (Å²) in [6.45, 7) is 9.60. The van der Waals surface area contributed by atoms with E-state index in [0.29, 0.717) is 5.75 Å². The summed E-state index contributed by atoms with van der Waals surface area (Å²) in [6.07, 6.45) is -0.0358. The number of aromatic nitrogens is 1. The van der Waals surface area contributed by atoms with Crippen molar-refractivity contribution in [2.24, 2.45) is 0 Å². The molecule has 1 N–H and O–H groups in total. The van der Waals surface area contributed by atoms with E-state index in [1.807, 2.05) is 13.8 Å². The average molecular weight is 350 g/mol. The van der Waals surface area contributed by atoms with E-state index in [9.17, 15) is 14.7 Å². The van der Waals surface area contributed by atoms with Crippen LogP contribution >= 0.6 is 0 Å². The summed E-state index contributed by atoms with van der Waals surface area (Å²) in [5.41, 5.74) is -0.400. The highest BCUT2D eigenvalue weighted by Crippen LogP contribution is 2.30. The van der Waals surface area contributed by atoms with E-state index in [4.69, 9.17) is 9.47 Å². The highest BCUT2D eigenvalue weighted by Gasteiger charge is 2.45. The lowest BCUT2D eigenvalue weighted by molar-refractivity contribution is -0.159. The lowest BCUT2D eigenvalue weighted by atomic mass is 9.91. The third kappa shape index (κ3) is 4.84. The number of carboxylic acids is 1. The van der Waals surface area contributed by atoms with Gasteiger partial charge in [0.25, 0.3) is 0 Å². The van der Waals surface area contributed by atoms with Crippen LogP contribution < -0.4 is 4.74 Å². The molecule has 2 rings (SSSR count). The first-order valence-electron chi connectivity index (χ1n) is 8.36. The number of carboxylic acid groups (broad SMARTS) is 1. The number of rotatable bonds is 3. The number of carbonyl (C=O) groups excluding carboxylic acids is 1. The van der Waals surface area contributed by atoms with Crippen molar-refractivity contribution < 1.29 is 24.2 Å². The van der Waals surface area contributed by atoms with Gasteiger partial charge in [0.2, 0.25) is 5.60 Å². The van der Waals surface area contributed by atoms with Gasteiger partial charge in [-0.25, -0.2) is 9.59 Å². The zero-order valence-corrected chi connectivity index (χ0v) is 15.5. The van der Waals surface area contributed by atoms with Gasteiger partial charge in [-0.3, -0.25) is 4.98 Å². The molecule has 1 saturated heterocycles. The van der Waals surface area contributed by atoms with Crippen LogP contribution in [0.1, 0.15) is 45.0 Å². The molecule has 2 heterocycles. The van der Waals surface area contributed by atoms with Crippen LogP contribution in [-0.2, 0) is 9.53 Å². The largest absolute Gasteiger partial charge is 0.478 e. The number of piperidine rings is 1. The predicted octanol–water partition coefficient (Wildman–Crippen LogP) is 2.93. The minimum atomic E-state index is -1.35. The number of amides is 1. The fraction of sp³-hybridized carbons (Fsp3) is 0.611. The van der Waals surface area contributed by atoms with Crippen molar-refractivity contribution in [1.82, 2.24) is 9.88 Å². The number of hydrogen-bond donors (Lipinski definition) is 1. The highest BCUT2D eigenvalue weighted by atomic mass is 16.6. The minimum absolute atomic E-state index is 0.196. The third-order valence-corrected chi connectivity index (χ3v) is 3.98. The van der Waals surface area contributed by atoms with Crippen molar-refractivity contribution in [3.8, 4) is 5.75 Å². The number of likely N-dealkylation sites (tertiary alicyclic amines) is 1. The number of aliphatic carboxylic acids is 1. The molecule has 25 heavy (non-hydrogen) atoms. The van der Waals surface area contributed by atoms with Gasteiger partial charge >= 0.3 is 12.1 Å². The zero-order valence-electron chi connectivity index (χ0n) is 15.5. The molecule has 7 heteroatoms. The average Bonchev–Trinajstić information content (AvgIpc) is 2.44. The van der Waals surface area contributed by atoms with Gasteiger partial charge < -0.3 is 19.5 Å². The summed E-state index contributed by atoms with van der Waals surface area (Å²) >= 11 is 0. The molecule has 0 unspecified atom stereocenters. The topological polar surface area (TPSA) is 89.0 Å². The Labute approximate surface area is 147 Å². The van der Waals surface area contributed by atoms with Crippen LogP contribution in [0.3, 0.4) is 0 Å². The quantitative estimate of drug-likeness (QED) is 0.901. The van der Waals surface area contributed by atoms with Crippen LogP contribution in [0.4, 0.5) is 4.79 Å². The van der Waals surface area contributed by atoms with Crippen molar-refractivity contribution in [1.29, 1.82) is 0 Å². The van der Waals surface area contributed by atoms with Crippen molar-refractivity contribution in [2.45, 2.75) is 58.7 Å². The van der Waals surface area contributed by atoms with E-state index < -0.39 is 23.3 Å². The first kappa shape index (κ1) is 19.0. The molecule has 1 aromatic heterocycles. The fourth-order valence-electron chi connectivity index (χ4n) is 2.82. The summed E-state index contributed by atoms with van der Waals surface area (Å²) in [5.74, 6) is -0.540. The van der Waals surface area contributed by atoms with Gasteiger partial charge in [-0.05, 0) is 34.6 Å². The second kappa shape index (κ2) is 6.90. The summed E-state index contributed by atoms with van der Waals surface area (Å²) in [5, 5.41) is 9.72. The molecule has 138 valence electrons. The number of pyridine rings is 1. The Morgan fingerprint density at radius 2 is 1.68 bits per heavy atom. The number of hydrogen-bond acceptors (Lipinski definition) is 5. The van der Waals surface area contributed by atoms with Crippen LogP contribution in [0, 0.1) is 13.8 Å². The molecule has 1 fully saturated rings. The van der Waals surface area contributed by atoms with Crippen molar-refractivity contribution in [3.63, 3.8) is 0 Å². The Balaban J connectivity index is 2.10. The Bertz CT molecular complexity index is 638. The van der Waals surface area contributed by atoms with Crippen LogP contribution in [0.2, 0.25) is 0 Å². The monoisotopic (exact) mass is 350 g/mol. The third-order valence-electron chi connectivity index (χ3n) is 3.98. The smallest absolute Gasteiger partial charge is 0.410 e. The molecule has 0 aromatic carbocycles. The SMILES string of the molecule is Cc1cc(OC2(C(=O)O)CCN(C(=O)OC(C)(C)C)CC2)cc(C)n1. The van der Waals surface area contributed by atoms with Gasteiger partial charge in [-0.1, -0.05) is 0 Å². The molecule has 1 amide bonds. The first-order valence-corrected chi connectivity index (χ1v) is 8.36.